The van der Waals surface area contributed by atoms with Crippen molar-refractivity contribution >= 4 is 16.9 Å². The number of rotatable bonds is 7. The van der Waals surface area contributed by atoms with E-state index in [9.17, 15) is 0 Å². The molecule has 1 unspecified atom stereocenters. The van der Waals surface area contributed by atoms with E-state index < -0.39 is 0 Å². The van der Waals surface area contributed by atoms with Crippen molar-refractivity contribution in [3.8, 4) is 0 Å². The molecule has 3 aromatic rings. The normalized spacial score (nSPS) is 17.0. The number of fused-ring (bicyclic) bond motifs is 1. The van der Waals surface area contributed by atoms with Gasteiger partial charge >= 0.3 is 0 Å². The number of benzene rings is 1. The molecule has 0 radical (unpaired) electrons. The summed E-state index contributed by atoms with van der Waals surface area (Å²) in [6.07, 6.45) is 5.49. The Morgan fingerprint density at radius 1 is 1.30 bits per heavy atom. The number of nitrogens with one attached hydrogen (secondary N) is 3. The predicted octanol–water partition coefficient (Wildman–Crippen LogP) is 2.37. The topological polar surface area (TPSA) is 92.2 Å². The first kappa shape index (κ1) is 20.4. The van der Waals surface area contributed by atoms with Gasteiger partial charge in [0.25, 0.3) is 0 Å². The van der Waals surface area contributed by atoms with E-state index in [1.54, 1.807) is 0 Å². The average molecular weight is 410 g/mol. The second-order valence-electron chi connectivity index (χ2n) is 7.94. The number of aliphatic imine (C=N–C) groups is 1. The van der Waals surface area contributed by atoms with Crippen LogP contribution < -0.4 is 10.6 Å². The highest BCUT2D eigenvalue weighted by molar-refractivity contribution is 5.84. The molecule has 0 aliphatic carbocycles. The van der Waals surface area contributed by atoms with Crippen molar-refractivity contribution in [1.82, 2.24) is 30.4 Å². The van der Waals surface area contributed by atoms with Gasteiger partial charge in [0.1, 0.15) is 12.4 Å². The maximum Gasteiger partial charge on any atom is 0.191 e. The number of aromatic amines is 1. The van der Waals surface area contributed by atoms with Crippen LogP contribution in [0.4, 0.5) is 0 Å². The molecule has 4 rings (SSSR count). The molecule has 30 heavy (non-hydrogen) atoms. The molecular weight excluding hydrogens is 378 g/mol. The minimum Gasteiger partial charge on any atom is -0.376 e. The predicted molar refractivity (Wildman–Crippen MR) is 119 cm³/mol. The molecule has 1 aliphatic heterocycles. The molecule has 1 atom stereocenters. The monoisotopic (exact) mass is 409 g/mol. The Labute approximate surface area is 177 Å². The number of aromatic nitrogens is 4. The van der Waals surface area contributed by atoms with Crippen LogP contribution in [-0.2, 0) is 24.8 Å². The van der Waals surface area contributed by atoms with Crippen molar-refractivity contribution in [3.63, 3.8) is 0 Å². The summed E-state index contributed by atoms with van der Waals surface area (Å²) < 4.78 is 7.70. The van der Waals surface area contributed by atoms with Crippen molar-refractivity contribution in [2.75, 3.05) is 19.7 Å². The quantitative estimate of drug-likeness (QED) is 0.412. The van der Waals surface area contributed by atoms with Gasteiger partial charge in [-0.25, -0.2) is 4.99 Å². The fraction of sp³-hybridized carbons (Fsp3) is 0.500. The lowest BCUT2D eigenvalue weighted by molar-refractivity contribution is 0.114. The molecule has 0 bridgehead atoms. The van der Waals surface area contributed by atoms with Crippen LogP contribution in [0.2, 0.25) is 0 Å². The summed E-state index contributed by atoms with van der Waals surface area (Å²) >= 11 is 0. The number of guanidine groups is 1. The zero-order chi connectivity index (χ0) is 20.9. The summed E-state index contributed by atoms with van der Waals surface area (Å²) in [5, 5.41) is 16.5. The lowest BCUT2D eigenvalue weighted by Gasteiger charge is -2.15. The third kappa shape index (κ3) is 4.81. The highest BCUT2D eigenvalue weighted by atomic mass is 16.5. The van der Waals surface area contributed by atoms with Gasteiger partial charge in [-0.05, 0) is 50.3 Å². The van der Waals surface area contributed by atoms with Crippen LogP contribution in [0.3, 0.4) is 0 Å². The molecular formula is C22H31N7O. The van der Waals surface area contributed by atoms with Crippen LogP contribution >= 0.6 is 0 Å². The zero-order valence-corrected chi connectivity index (χ0v) is 18.0. The minimum atomic E-state index is 0.255. The second kappa shape index (κ2) is 9.30. The van der Waals surface area contributed by atoms with Crippen LogP contribution in [-0.4, -0.2) is 51.5 Å². The summed E-state index contributed by atoms with van der Waals surface area (Å²) in [4.78, 5) is 8.11. The van der Waals surface area contributed by atoms with E-state index in [1.807, 2.05) is 18.5 Å². The number of hydrogen-bond donors (Lipinski definition) is 3. The molecule has 8 heteroatoms. The van der Waals surface area contributed by atoms with Crippen LogP contribution in [0.1, 0.15) is 35.6 Å². The number of H-pyrrole nitrogens is 1. The molecule has 8 nitrogen and oxygen atoms in total. The fourth-order valence-electron chi connectivity index (χ4n) is 3.75. The maximum absolute atomic E-state index is 5.73. The third-order valence-corrected chi connectivity index (χ3v) is 5.69. The molecule has 1 aromatic carbocycles. The number of nitrogens with zero attached hydrogens (tertiary/aromatic N) is 4. The Morgan fingerprint density at radius 3 is 2.97 bits per heavy atom. The first-order chi connectivity index (χ1) is 14.6. The van der Waals surface area contributed by atoms with Crippen molar-refractivity contribution in [3.05, 3.63) is 47.2 Å². The Balaban J connectivity index is 1.39. The van der Waals surface area contributed by atoms with Crippen molar-refractivity contribution in [1.29, 1.82) is 0 Å². The lowest BCUT2D eigenvalue weighted by atomic mass is 10.1. The van der Waals surface area contributed by atoms with E-state index in [-0.39, 0.29) is 6.10 Å². The molecule has 1 saturated heterocycles. The van der Waals surface area contributed by atoms with Gasteiger partial charge in [-0.15, -0.1) is 10.2 Å². The highest BCUT2D eigenvalue weighted by Crippen LogP contribution is 2.19. The van der Waals surface area contributed by atoms with Gasteiger partial charge in [-0.1, -0.05) is 12.1 Å². The molecule has 0 saturated carbocycles. The largest absolute Gasteiger partial charge is 0.376 e. The summed E-state index contributed by atoms with van der Waals surface area (Å²) in [6.45, 7) is 6.93. The van der Waals surface area contributed by atoms with E-state index in [4.69, 9.17) is 9.73 Å². The molecule has 2 aromatic heterocycles. The van der Waals surface area contributed by atoms with Gasteiger partial charge in [-0.3, -0.25) is 0 Å². The summed E-state index contributed by atoms with van der Waals surface area (Å²) in [5.41, 5.74) is 3.76. The maximum atomic E-state index is 5.73. The van der Waals surface area contributed by atoms with Gasteiger partial charge in [0, 0.05) is 43.8 Å². The Kier molecular flexibility index (Phi) is 6.32. The first-order valence-corrected chi connectivity index (χ1v) is 10.7. The number of ether oxygens (including phenoxy) is 1. The van der Waals surface area contributed by atoms with Crippen LogP contribution in [0.25, 0.3) is 10.9 Å². The first-order valence-electron chi connectivity index (χ1n) is 10.7. The van der Waals surface area contributed by atoms with Gasteiger partial charge in [0.2, 0.25) is 0 Å². The minimum absolute atomic E-state index is 0.255. The molecule has 0 spiro atoms. The van der Waals surface area contributed by atoms with Crippen molar-refractivity contribution < 1.29 is 4.74 Å². The SMILES string of the molecule is Cc1ccc2c(CCNC(=NCc3nnc(C)n3C)NCC3CCCO3)c[nH]c2c1. The van der Waals surface area contributed by atoms with Crippen molar-refractivity contribution in [2.24, 2.45) is 12.0 Å². The number of hydrogen-bond acceptors (Lipinski definition) is 4. The van der Waals surface area contributed by atoms with E-state index in [2.05, 4.69) is 57.1 Å². The third-order valence-electron chi connectivity index (χ3n) is 5.69. The van der Waals surface area contributed by atoms with Crippen molar-refractivity contribution in [2.45, 2.75) is 45.8 Å². The Hall–Kier alpha value is -2.87. The smallest absolute Gasteiger partial charge is 0.191 e. The standard InChI is InChI=1S/C22H31N7O/c1-15-6-7-19-17(12-24-20(19)11-15)8-9-23-22(25-13-18-5-4-10-30-18)26-14-21-28-27-16(2)29(21)3/h6-7,11-12,18,24H,4-5,8-10,13-14H2,1-3H3,(H2,23,25,26). The molecule has 0 amide bonds. The summed E-state index contributed by atoms with van der Waals surface area (Å²) in [5.74, 6) is 2.51. The summed E-state index contributed by atoms with van der Waals surface area (Å²) in [6, 6.07) is 6.54. The van der Waals surface area contributed by atoms with E-state index >= 15 is 0 Å². The number of aryl methyl sites for hydroxylation is 2. The van der Waals surface area contributed by atoms with Crippen LogP contribution in [0, 0.1) is 13.8 Å². The van der Waals surface area contributed by atoms with E-state index in [1.165, 1.54) is 22.0 Å². The molecule has 3 N–H and O–H groups in total. The van der Waals surface area contributed by atoms with Crippen LogP contribution in [0.15, 0.2) is 29.4 Å². The zero-order valence-electron chi connectivity index (χ0n) is 18.0. The Bertz CT molecular complexity index is 1010. The van der Waals surface area contributed by atoms with Gasteiger partial charge in [0.15, 0.2) is 11.8 Å². The van der Waals surface area contributed by atoms with E-state index in [0.717, 1.165) is 56.6 Å². The summed E-state index contributed by atoms with van der Waals surface area (Å²) in [7, 11) is 1.96. The Morgan fingerprint density at radius 2 is 2.20 bits per heavy atom. The molecule has 1 aliphatic rings. The van der Waals surface area contributed by atoms with Crippen LogP contribution in [0.5, 0.6) is 0 Å². The fourth-order valence-corrected chi connectivity index (χ4v) is 3.75. The van der Waals surface area contributed by atoms with Gasteiger partial charge in [-0.2, -0.15) is 0 Å². The second-order valence-corrected chi connectivity index (χ2v) is 7.94. The molecule has 1 fully saturated rings. The van der Waals surface area contributed by atoms with Gasteiger partial charge in [0.05, 0.1) is 6.10 Å². The average Bonchev–Trinajstić information content (AvgIpc) is 3.46. The van der Waals surface area contributed by atoms with Gasteiger partial charge < -0.3 is 24.9 Å². The molecule has 3 heterocycles. The highest BCUT2D eigenvalue weighted by Gasteiger charge is 2.16. The lowest BCUT2D eigenvalue weighted by Crippen LogP contribution is -2.42. The molecule has 160 valence electrons. The van der Waals surface area contributed by atoms with E-state index in [0.29, 0.717) is 6.54 Å².